The number of carbonyl (C=O) groups is 1. The van der Waals surface area contributed by atoms with Gasteiger partial charge in [0.15, 0.2) is 0 Å². The van der Waals surface area contributed by atoms with Gasteiger partial charge in [-0.1, -0.05) is 29.8 Å². The molecule has 0 bridgehead atoms. The van der Waals surface area contributed by atoms with Crippen molar-refractivity contribution >= 4 is 35.0 Å². The third kappa shape index (κ3) is 4.31. The summed E-state index contributed by atoms with van der Waals surface area (Å²) < 4.78 is 5.05. The van der Waals surface area contributed by atoms with Crippen LogP contribution in [0.5, 0.6) is 5.75 Å². The van der Waals surface area contributed by atoms with Crippen molar-refractivity contribution in [1.29, 1.82) is 0 Å². The lowest BCUT2D eigenvalue weighted by molar-refractivity contribution is -0.384. The number of halogens is 1. The van der Waals surface area contributed by atoms with Gasteiger partial charge in [-0.15, -0.1) is 0 Å². The number of benzene rings is 2. The van der Waals surface area contributed by atoms with E-state index in [1.807, 2.05) is 6.07 Å². The van der Waals surface area contributed by atoms with E-state index < -0.39 is 10.8 Å². The maximum atomic E-state index is 12.0. The number of rotatable bonds is 5. The molecule has 0 heterocycles. The van der Waals surface area contributed by atoms with Gasteiger partial charge in [0.25, 0.3) is 5.69 Å². The predicted octanol–water partition coefficient (Wildman–Crippen LogP) is 3.91. The molecule has 0 aliphatic carbocycles. The highest BCUT2D eigenvalue weighted by molar-refractivity contribution is 6.32. The molecule has 1 amide bonds. The summed E-state index contributed by atoms with van der Waals surface area (Å²) in [6.45, 7) is 0. The number of non-ortho nitro benzene ring substituents is 1. The van der Waals surface area contributed by atoms with E-state index in [-0.39, 0.29) is 11.4 Å². The molecule has 118 valence electrons. The van der Waals surface area contributed by atoms with E-state index in [0.29, 0.717) is 16.3 Å². The number of hydrogen-bond donors (Lipinski definition) is 1. The van der Waals surface area contributed by atoms with Crippen LogP contribution in [0.2, 0.25) is 5.02 Å². The number of nitrogens with one attached hydrogen (secondary N) is 1. The van der Waals surface area contributed by atoms with Crippen LogP contribution in [0, 0.1) is 10.1 Å². The number of anilines is 1. The molecule has 2 aromatic rings. The quantitative estimate of drug-likeness (QED) is 0.511. The Labute approximate surface area is 137 Å². The Kier molecular flexibility index (Phi) is 5.32. The minimum atomic E-state index is -0.536. The fourth-order valence-electron chi connectivity index (χ4n) is 1.85. The first-order valence-electron chi connectivity index (χ1n) is 6.57. The van der Waals surface area contributed by atoms with Crippen LogP contribution in [-0.2, 0) is 4.79 Å². The van der Waals surface area contributed by atoms with Gasteiger partial charge in [0.1, 0.15) is 5.75 Å². The van der Waals surface area contributed by atoms with Crippen LogP contribution in [0.4, 0.5) is 11.4 Å². The second kappa shape index (κ2) is 7.42. The maximum Gasteiger partial charge on any atom is 0.273 e. The summed E-state index contributed by atoms with van der Waals surface area (Å²) in [5.41, 5.74) is 0.929. The molecular weight excluding hydrogens is 320 g/mol. The maximum absolute atomic E-state index is 12.0. The molecule has 6 nitrogen and oxygen atoms in total. The largest absolute Gasteiger partial charge is 0.494 e. The molecule has 1 N–H and O–H groups in total. The van der Waals surface area contributed by atoms with Crippen LogP contribution < -0.4 is 10.1 Å². The van der Waals surface area contributed by atoms with Crippen LogP contribution in [0.1, 0.15) is 5.56 Å². The molecule has 0 aliphatic rings. The zero-order valence-electron chi connectivity index (χ0n) is 12.2. The predicted molar refractivity (Wildman–Crippen MR) is 88.8 cm³/mol. The fraction of sp³-hybridized carbons (Fsp3) is 0.0625. The monoisotopic (exact) mass is 332 g/mol. The number of amides is 1. The molecule has 0 atom stereocenters. The number of nitro groups is 1. The minimum absolute atomic E-state index is 0.119. The Bertz CT molecular complexity index is 774. The van der Waals surface area contributed by atoms with Crippen molar-refractivity contribution in [2.45, 2.75) is 0 Å². The fourth-order valence-corrected chi connectivity index (χ4v) is 2.05. The summed E-state index contributed by atoms with van der Waals surface area (Å²) >= 11 is 6.00. The van der Waals surface area contributed by atoms with Gasteiger partial charge in [0.05, 0.1) is 23.8 Å². The molecule has 7 heteroatoms. The first kappa shape index (κ1) is 16.5. The molecule has 0 aromatic heterocycles. The van der Waals surface area contributed by atoms with Crippen LogP contribution in [-0.4, -0.2) is 17.9 Å². The Morgan fingerprint density at radius 2 is 2.04 bits per heavy atom. The molecule has 23 heavy (non-hydrogen) atoms. The van der Waals surface area contributed by atoms with E-state index in [9.17, 15) is 14.9 Å². The molecule has 2 rings (SSSR count). The van der Waals surface area contributed by atoms with Gasteiger partial charge in [0, 0.05) is 17.2 Å². The van der Waals surface area contributed by atoms with Crippen molar-refractivity contribution in [3.05, 3.63) is 69.2 Å². The average Bonchev–Trinajstić information content (AvgIpc) is 2.54. The van der Waals surface area contributed by atoms with Gasteiger partial charge in [-0.05, 0) is 23.8 Å². The number of nitrogens with zero attached hydrogens (tertiary/aromatic N) is 1. The first-order valence-corrected chi connectivity index (χ1v) is 6.95. The van der Waals surface area contributed by atoms with Gasteiger partial charge >= 0.3 is 0 Å². The van der Waals surface area contributed by atoms with Crippen LogP contribution in [0.3, 0.4) is 0 Å². The van der Waals surface area contributed by atoms with E-state index in [0.717, 1.165) is 0 Å². The topological polar surface area (TPSA) is 81.5 Å². The highest BCUT2D eigenvalue weighted by Crippen LogP contribution is 2.29. The second-order valence-electron chi connectivity index (χ2n) is 4.49. The molecule has 0 saturated heterocycles. The van der Waals surface area contributed by atoms with Crippen molar-refractivity contribution < 1.29 is 14.5 Å². The smallest absolute Gasteiger partial charge is 0.273 e. The Morgan fingerprint density at radius 1 is 1.30 bits per heavy atom. The minimum Gasteiger partial charge on any atom is -0.494 e. The van der Waals surface area contributed by atoms with Crippen LogP contribution in [0.25, 0.3) is 6.08 Å². The summed E-state index contributed by atoms with van der Waals surface area (Å²) in [6, 6.07) is 11.0. The van der Waals surface area contributed by atoms with Crippen LogP contribution in [0.15, 0.2) is 48.5 Å². The lowest BCUT2D eigenvalue weighted by Crippen LogP contribution is -2.09. The van der Waals surface area contributed by atoms with Gasteiger partial charge in [-0.2, -0.15) is 0 Å². The van der Waals surface area contributed by atoms with Gasteiger partial charge in [-0.25, -0.2) is 0 Å². The first-order chi connectivity index (χ1) is 11.0. The number of carbonyl (C=O) groups excluding carboxylic acids is 1. The highest BCUT2D eigenvalue weighted by atomic mass is 35.5. The molecule has 0 spiro atoms. The molecule has 0 unspecified atom stereocenters. The van der Waals surface area contributed by atoms with Crippen molar-refractivity contribution in [3.8, 4) is 5.75 Å². The lowest BCUT2D eigenvalue weighted by Gasteiger charge is -2.08. The van der Waals surface area contributed by atoms with E-state index >= 15 is 0 Å². The molecular formula is C16H13ClN2O4. The summed E-state index contributed by atoms with van der Waals surface area (Å²) in [5, 5.41) is 13.9. The summed E-state index contributed by atoms with van der Waals surface area (Å²) in [6.07, 6.45) is 2.90. The third-order valence-corrected chi connectivity index (χ3v) is 3.32. The Balaban J connectivity index is 2.14. The number of nitro benzene ring substituents is 1. The number of ether oxygens (including phenoxy) is 1. The zero-order chi connectivity index (χ0) is 16.8. The standard InChI is InChI=1S/C16H13ClN2O4/c1-23-15-10-12(19(21)22)7-8-14(15)18-16(20)9-6-11-4-2-3-5-13(11)17/h2-10H,1H3,(H,18,20)/b9-6-. The SMILES string of the molecule is COc1cc([N+](=O)[O-])ccc1NC(=O)/C=C\c1ccccc1Cl. The second-order valence-corrected chi connectivity index (χ2v) is 4.89. The van der Waals surface area contributed by atoms with Crippen molar-refractivity contribution in [2.24, 2.45) is 0 Å². The van der Waals surface area contributed by atoms with E-state index in [2.05, 4.69) is 5.32 Å². The molecule has 0 radical (unpaired) electrons. The van der Waals surface area contributed by atoms with Crippen molar-refractivity contribution in [2.75, 3.05) is 12.4 Å². The lowest BCUT2D eigenvalue weighted by atomic mass is 10.2. The molecule has 0 saturated carbocycles. The zero-order valence-corrected chi connectivity index (χ0v) is 12.9. The number of hydrogen-bond acceptors (Lipinski definition) is 4. The summed E-state index contributed by atoms with van der Waals surface area (Å²) in [5.74, 6) is -0.198. The van der Waals surface area contributed by atoms with Crippen molar-refractivity contribution in [3.63, 3.8) is 0 Å². The number of methoxy groups -OCH3 is 1. The van der Waals surface area contributed by atoms with Gasteiger partial charge < -0.3 is 10.1 Å². The molecule has 2 aromatic carbocycles. The highest BCUT2D eigenvalue weighted by Gasteiger charge is 2.12. The Morgan fingerprint density at radius 3 is 2.70 bits per heavy atom. The van der Waals surface area contributed by atoms with Gasteiger partial charge in [-0.3, -0.25) is 14.9 Å². The van der Waals surface area contributed by atoms with Crippen molar-refractivity contribution in [1.82, 2.24) is 0 Å². The third-order valence-electron chi connectivity index (χ3n) is 2.97. The summed E-state index contributed by atoms with van der Waals surface area (Å²) in [7, 11) is 1.37. The molecule has 0 aliphatic heterocycles. The average molecular weight is 333 g/mol. The van der Waals surface area contributed by atoms with E-state index in [4.69, 9.17) is 16.3 Å². The molecule has 0 fully saturated rings. The van der Waals surface area contributed by atoms with Gasteiger partial charge in [0.2, 0.25) is 5.91 Å². The van der Waals surface area contributed by atoms with E-state index in [1.165, 1.54) is 31.4 Å². The van der Waals surface area contributed by atoms with Crippen LogP contribution >= 0.6 is 11.6 Å². The van der Waals surface area contributed by atoms with E-state index in [1.54, 1.807) is 24.3 Å². The Hall–Kier alpha value is -2.86. The normalized spacial score (nSPS) is 10.5. The summed E-state index contributed by atoms with van der Waals surface area (Å²) in [4.78, 5) is 22.2.